The van der Waals surface area contributed by atoms with E-state index in [0.29, 0.717) is 5.39 Å². The molecule has 1 aromatic heterocycles. The number of hydrogen-bond acceptors (Lipinski definition) is 7. The van der Waals surface area contributed by atoms with Gasteiger partial charge in [-0.15, -0.1) is 13.2 Å². The number of hydrogen-bond donors (Lipinski definition) is 1. The molecule has 3 aromatic rings. The first kappa shape index (κ1) is 28.9. The minimum Gasteiger partial charge on any atom is -0.449 e. The number of ether oxygens (including phenoxy) is 2. The van der Waals surface area contributed by atoms with E-state index in [9.17, 15) is 31.2 Å². The van der Waals surface area contributed by atoms with Crippen molar-refractivity contribution >= 4 is 38.6 Å². The molecule has 0 saturated carbocycles. The number of pyridine rings is 1. The summed E-state index contributed by atoms with van der Waals surface area (Å²) in [6.07, 6.45) is -4.26. The van der Waals surface area contributed by atoms with E-state index in [0.717, 1.165) is 12.1 Å². The number of nitrogens with one attached hydrogen (secondary N) is 1. The second-order valence-electron chi connectivity index (χ2n) is 9.45. The van der Waals surface area contributed by atoms with Crippen LogP contribution in [0.2, 0.25) is 0 Å². The summed E-state index contributed by atoms with van der Waals surface area (Å²) >= 11 is 0. The summed E-state index contributed by atoms with van der Waals surface area (Å²) in [6.45, 7) is 4.70. The van der Waals surface area contributed by atoms with Gasteiger partial charge in [0, 0.05) is 43.3 Å². The lowest BCUT2D eigenvalue weighted by Gasteiger charge is -2.34. The molecule has 1 N–H and O–H groups in total. The lowest BCUT2D eigenvalue weighted by atomic mass is 10.1. The quantitative estimate of drug-likeness (QED) is 0.438. The maximum absolute atomic E-state index is 13.3. The van der Waals surface area contributed by atoms with Crippen LogP contribution in [0.4, 0.5) is 23.7 Å². The first-order valence-corrected chi connectivity index (χ1v) is 13.8. The Hall–Kier alpha value is -4.07. The number of aromatic nitrogens is 1. The van der Waals surface area contributed by atoms with Crippen LogP contribution in [0.15, 0.2) is 59.6 Å². The zero-order valence-corrected chi connectivity index (χ0v) is 22.5. The lowest BCUT2D eigenvalue weighted by Crippen LogP contribution is -2.50. The SMILES string of the molecule is CC(C)COC(=O)N1CCN(C(=O)c2ccc(NS(=O)(=O)c3cccc4cccnc34)c(OC(F)(F)F)c2)CC1. The fourth-order valence-corrected chi connectivity index (χ4v) is 5.30. The van der Waals surface area contributed by atoms with Crippen molar-refractivity contribution in [2.45, 2.75) is 25.1 Å². The van der Waals surface area contributed by atoms with Crippen LogP contribution >= 0.6 is 0 Å². The van der Waals surface area contributed by atoms with E-state index in [1.54, 1.807) is 18.2 Å². The molecule has 2 aromatic carbocycles. The summed E-state index contributed by atoms with van der Waals surface area (Å²) in [7, 11) is -4.40. The van der Waals surface area contributed by atoms with Gasteiger partial charge in [0.05, 0.1) is 17.8 Å². The van der Waals surface area contributed by atoms with E-state index in [2.05, 4.69) is 14.4 Å². The number of benzene rings is 2. The van der Waals surface area contributed by atoms with Gasteiger partial charge in [-0.25, -0.2) is 13.2 Å². The Kier molecular flexibility index (Phi) is 8.37. The molecule has 0 unspecified atom stereocenters. The van der Waals surface area contributed by atoms with Crippen molar-refractivity contribution in [3.63, 3.8) is 0 Å². The van der Waals surface area contributed by atoms with Crippen molar-refractivity contribution in [3.8, 4) is 5.75 Å². The topological polar surface area (TPSA) is 118 Å². The Bertz CT molecular complexity index is 1500. The van der Waals surface area contributed by atoms with E-state index in [1.165, 1.54) is 34.2 Å². The molecule has 2 amide bonds. The van der Waals surface area contributed by atoms with E-state index < -0.39 is 39.8 Å². The highest BCUT2D eigenvalue weighted by Gasteiger charge is 2.34. The van der Waals surface area contributed by atoms with Gasteiger partial charge < -0.3 is 19.3 Å². The molecular formula is C26H27F3N4O6S. The van der Waals surface area contributed by atoms with Crippen LogP contribution in [0, 0.1) is 5.92 Å². The third-order valence-electron chi connectivity index (χ3n) is 5.95. The number of amides is 2. The average molecular weight is 581 g/mol. The molecule has 1 saturated heterocycles. The second kappa shape index (κ2) is 11.6. The molecule has 40 heavy (non-hydrogen) atoms. The fraction of sp³-hybridized carbons (Fsp3) is 0.346. The smallest absolute Gasteiger partial charge is 0.449 e. The third-order valence-corrected chi connectivity index (χ3v) is 7.35. The van der Waals surface area contributed by atoms with Gasteiger partial charge in [0.1, 0.15) is 4.90 Å². The normalized spacial score (nSPS) is 14.3. The van der Waals surface area contributed by atoms with Crippen LogP contribution in [-0.4, -0.2) is 74.4 Å². The first-order chi connectivity index (χ1) is 18.8. The van der Waals surface area contributed by atoms with E-state index >= 15 is 0 Å². The molecule has 0 aliphatic carbocycles. The molecule has 4 rings (SSSR count). The third kappa shape index (κ3) is 6.92. The average Bonchev–Trinajstić information content (AvgIpc) is 2.91. The highest BCUT2D eigenvalue weighted by molar-refractivity contribution is 7.93. The van der Waals surface area contributed by atoms with Gasteiger partial charge in [0.25, 0.3) is 15.9 Å². The van der Waals surface area contributed by atoms with Gasteiger partial charge in [-0.2, -0.15) is 0 Å². The van der Waals surface area contributed by atoms with Crippen LogP contribution in [0.25, 0.3) is 10.9 Å². The Morgan fingerprint density at radius 1 is 1.02 bits per heavy atom. The molecule has 1 fully saturated rings. The number of carbonyl (C=O) groups excluding carboxylic acids is 2. The van der Waals surface area contributed by atoms with Gasteiger partial charge in [0.15, 0.2) is 5.75 Å². The molecule has 214 valence electrons. The molecule has 0 bridgehead atoms. The second-order valence-corrected chi connectivity index (χ2v) is 11.1. The highest BCUT2D eigenvalue weighted by Crippen LogP contribution is 2.34. The number of sulfonamides is 1. The Labute approximate surface area is 228 Å². The zero-order chi connectivity index (χ0) is 29.1. The number of nitrogens with zero attached hydrogens (tertiary/aromatic N) is 3. The van der Waals surface area contributed by atoms with Crippen LogP contribution in [0.5, 0.6) is 5.75 Å². The van der Waals surface area contributed by atoms with Crippen LogP contribution in [-0.2, 0) is 14.8 Å². The van der Waals surface area contributed by atoms with Gasteiger partial charge in [0.2, 0.25) is 0 Å². The molecule has 0 radical (unpaired) electrons. The summed E-state index contributed by atoms with van der Waals surface area (Å²) in [5, 5.41) is 0.520. The monoisotopic (exact) mass is 580 g/mol. The van der Waals surface area contributed by atoms with Crippen molar-refractivity contribution in [2.24, 2.45) is 5.92 Å². The summed E-state index contributed by atoms with van der Waals surface area (Å²) in [5.74, 6) is -1.34. The number of alkyl halides is 3. The molecule has 0 spiro atoms. The number of fused-ring (bicyclic) bond motifs is 1. The highest BCUT2D eigenvalue weighted by atomic mass is 32.2. The number of anilines is 1. The minimum atomic E-state index is -5.16. The number of rotatable bonds is 7. The van der Waals surface area contributed by atoms with Crippen molar-refractivity contribution in [2.75, 3.05) is 37.5 Å². The van der Waals surface area contributed by atoms with Crippen LogP contribution in [0.3, 0.4) is 0 Å². The molecule has 0 atom stereocenters. The predicted molar refractivity (Wildman–Crippen MR) is 139 cm³/mol. The first-order valence-electron chi connectivity index (χ1n) is 12.3. The molecule has 1 aliphatic rings. The van der Waals surface area contributed by atoms with Gasteiger partial charge >= 0.3 is 12.5 Å². The Morgan fingerprint density at radius 2 is 1.70 bits per heavy atom. The Morgan fingerprint density at radius 3 is 2.38 bits per heavy atom. The number of piperazine rings is 1. The summed E-state index contributed by atoms with van der Waals surface area (Å²) in [6, 6.07) is 10.7. The predicted octanol–water partition coefficient (Wildman–Crippen LogP) is 4.48. The molecule has 1 aliphatic heterocycles. The Balaban J connectivity index is 1.55. The maximum atomic E-state index is 13.3. The maximum Gasteiger partial charge on any atom is 0.573 e. The van der Waals surface area contributed by atoms with Crippen molar-refractivity contribution in [1.29, 1.82) is 0 Å². The van der Waals surface area contributed by atoms with Gasteiger partial charge in [-0.3, -0.25) is 14.5 Å². The van der Waals surface area contributed by atoms with Gasteiger partial charge in [-0.1, -0.05) is 32.0 Å². The number of halogens is 3. The fourth-order valence-electron chi connectivity index (χ4n) is 4.05. The number of carbonyl (C=O) groups is 2. The van der Waals surface area contributed by atoms with E-state index in [-0.39, 0.29) is 54.7 Å². The minimum absolute atomic E-state index is 0.132. The molecule has 10 nitrogen and oxygen atoms in total. The van der Waals surface area contributed by atoms with E-state index in [4.69, 9.17) is 4.74 Å². The summed E-state index contributed by atoms with van der Waals surface area (Å²) in [5.41, 5.74) is -0.529. The molecular weight excluding hydrogens is 553 g/mol. The number of para-hydroxylation sites is 1. The zero-order valence-electron chi connectivity index (χ0n) is 21.6. The standard InChI is InChI=1S/C26H27F3N4O6S/c1-17(2)16-38-25(35)33-13-11-32(12-14-33)24(34)19-8-9-20(21(15-19)39-26(27,28)29)31-40(36,37)22-7-3-5-18-6-4-10-30-23(18)22/h3-10,15,17,31H,11-14,16H2,1-2H3. The van der Waals surface area contributed by atoms with E-state index in [1.807, 2.05) is 13.8 Å². The summed E-state index contributed by atoms with van der Waals surface area (Å²) in [4.78, 5) is 31.9. The van der Waals surface area contributed by atoms with Crippen LogP contribution < -0.4 is 9.46 Å². The van der Waals surface area contributed by atoms with Crippen molar-refractivity contribution in [1.82, 2.24) is 14.8 Å². The van der Waals surface area contributed by atoms with Gasteiger partial charge in [-0.05, 0) is 36.2 Å². The lowest BCUT2D eigenvalue weighted by molar-refractivity contribution is -0.274. The van der Waals surface area contributed by atoms with Crippen LogP contribution in [0.1, 0.15) is 24.2 Å². The molecule has 2 heterocycles. The van der Waals surface area contributed by atoms with Crippen molar-refractivity contribution in [3.05, 3.63) is 60.3 Å². The largest absolute Gasteiger partial charge is 0.573 e. The van der Waals surface area contributed by atoms with Crippen molar-refractivity contribution < 1.29 is 40.7 Å². The summed E-state index contributed by atoms with van der Waals surface area (Å²) < 4.78 is 77.5. The molecule has 14 heteroatoms.